The second-order valence-corrected chi connectivity index (χ2v) is 9.36. The Morgan fingerprint density at radius 2 is 2.06 bits per heavy atom. The first-order valence-corrected chi connectivity index (χ1v) is 12.2. The van der Waals surface area contributed by atoms with Gasteiger partial charge in [-0.3, -0.25) is 4.72 Å². The maximum atomic E-state index is 14.0. The van der Waals surface area contributed by atoms with Gasteiger partial charge < -0.3 is 9.47 Å². The van der Waals surface area contributed by atoms with E-state index in [2.05, 4.69) is 14.7 Å². The van der Waals surface area contributed by atoms with Crippen molar-refractivity contribution in [2.24, 2.45) is 0 Å². The SMILES string of the molecule is CCOC(=O)[C@@H](C)Oc1cc(NS(=O)(=O)N2CCC2)nc(SCc2cccc(F)c2F)n1. The lowest BCUT2D eigenvalue weighted by atomic mass is 10.2. The van der Waals surface area contributed by atoms with E-state index in [1.54, 1.807) is 6.92 Å². The summed E-state index contributed by atoms with van der Waals surface area (Å²) in [5, 5.41) is 0.0449. The molecule has 13 heteroatoms. The van der Waals surface area contributed by atoms with Gasteiger partial charge in [0.25, 0.3) is 0 Å². The summed E-state index contributed by atoms with van der Waals surface area (Å²) in [4.78, 5) is 20.2. The Labute approximate surface area is 188 Å². The van der Waals surface area contributed by atoms with E-state index in [-0.39, 0.29) is 34.8 Å². The summed E-state index contributed by atoms with van der Waals surface area (Å²) in [5.74, 6) is -2.76. The predicted molar refractivity (Wildman–Crippen MR) is 113 cm³/mol. The smallest absolute Gasteiger partial charge is 0.347 e. The molecular formula is C19H22F2N4O5S2. The molecule has 0 aliphatic carbocycles. The van der Waals surface area contributed by atoms with Crippen LogP contribution in [-0.4, -0.2) is 54.5 Å². The lowest BCUT2D eigenvalue weighted by Gasteiger charge is -2.29. The fourth-order valence-electron chi connectivity index (χ4n) is 2.60. The fourth-order valence-corrected chi connectivity index (χ4v) is 4.66. The molecular weight excluding hydrogens is 466 g/mol. The van der Waals surface area contributed by atoms with Crippen LogP contribution in [0.4, 0.5) is 14.6 Å². The summed E-state index contributed by atoms with van der Waals surface area (Å²) in [6.45, 7) is 4.06. The first kappa shape index (κ1) is 24.1. The van der Waals surface area contributed by atoms with E-state index in [1.807, 2.05) is 0 Å². The number of aromatic nitrogens is 2. The number of carbonyl (C=O) groups is 1. The van der Waals surface area contributed by atoms with Crippen LogP contribution in [0.2, 0.25) is 0 Å². The van der Waals surface area contributed by atoms with Gasteiger partial charge in [-0.1, -0.05) is 23.9 Å². The van der Waals surface area contributed by atoms with Gasteiger partial charge in [-0.2, -0.15) is 17.7 Å². The number of carbonyl (C=O) groups excluding carboxylic acids is 1. The van der Waals surface area contributed by atoms with Crippen molar-refractivity contribution in [2.45, 2.75) is 37.3 Å². The second kappa shape index (κ2) is 10.4. The van der Waals surface area contributed by atoms with E-state index in [0.717, 1.165) is 24.2 Å². The summed E-state index contributed by atoms with van der Waals surface area (Å²) < 4.78 is 66.2. The topological polar surface area (TPSA) is 111 Å². The lowest BCUT2D eigenvalue weighted by molar-refractivity contribution is -0.150. The molecule has 174 valence electrons. The van der Waals surface area contributed by atoms with Crippen LogP contribution < -0.4 is 9.46 Å². The Morgan fingerprint density at radius 3 is 2.72 bits per heavy atom. The zero-order valence-electron chi connectivity index (χ0n) is 17.4. The minimum Gasteiger partial charge on any atom is -0.463 e. The highest BCUT2D eigenvalue weighted by Gasteiger charge is 2.28. The number of hydrogen-bond donors (Lipinski definition) is 1. The number of nitrogens with one attached hydrogen (secondary N) is 1. The van der Waals surface area contributed by atoms with Crippen LogP contribution in [0.3, 0.4) is 0 Å². The number of nitrogens with zero attached hydrogens (tertiary/aromatic N) is 3. The number of rotatable bonds is 10. The summed E-state index contributed by atoms with van der Waals surface area (Å²) in [6.07, 6.45) is -0.251. The zero-order valence-corrected chi connectivity index (χ0v) is 19.0. The normalized spacial score (nSPS) is 15.0. The van der Waals surface area contributed by atoms with E-state index < -0.39 is 33.9 Å². The molecule has 3 rings (SSSR count). The zero-order chi connectivity index (χ0) is 23.3. The van der Waals surface area contributed by atoms with Crippen molar-refractivity contribution in [1.29, 1.82) is 0 Å². The van der Waals surface area contributed by atoms with Crippen LogP contribution in [0.25, 0.3) is 0 Å². The number of ether oxygens (including phenoxy) is 2. The quantitative estimate of drug-likeness (QED) is 0.309. The van der Waals surface area contributed by atoms with Crippen molar-refractivity contribution in [3.8, 4) is 5.88 Å². The molecule has 9 nitrogen and oxygen atoms in total. The molecule has 2 heterocycles. The van der Waals surface area contributed by atoms with E-state index in [0.29, 0.717) is 13.1 Å². The fraction of sp³-hybridized carbons (Fsp3) is 0.421. The van der Waals surface area contributed by atoms with Crippen LogP contribution in [0, 0.1) is 11.6 Å². The number of anilines is 1. The summed E-state index contributed by atoms with van der Waals surface area (Å²) >= 11 is 0.951. The van der Waals surface area contributed by atoms with Gasteiger partial charge in [-0.15, -0.1) is 0 Å². The van der Waals surface area contributed by atoms with E-state index in [1.165, 1.54) is 29.4 Å². The van der Waals surface area contributed by atoms with Gasteiger partial charge in [0, 0.05) is 30.5 Å². The van der Waals surface area contributed by atoms with Gasteiger partial charge in [0.05, 0.1) is 6.61 Å². The molecule has 1 fully saturated rings. The Balaban J connectivity index is 1.83. The number of benzene rings is 1. The van der Waals surface area contributed by atoms with Gasteiger partial charge in [-0.25, -0.2) is 18.6 Å². The summed E-state index contributed by atoms with van der Waals surface area (Å²) in [5.41, 5.74) is 0.0903. The molecule has 0 spiro atoms. The lowest BCUT2D eigenvalue weighted by Crippen LogP contribution is -2.45. The number of halogens is 2. The van der Waals surface area contributed by atoms with E-state index in [9.17, 15) is 22.0 Å². The Bertz CT molecular complexity index is 1080. The monoisotopic (exact) mass is 488 g/mol. The molecule has 0 radical (unpaired) electrons. The van der Waals surface area contributed by atoms with Gasteiger partial charge in [-0.05, 0) is 26.3 Å². The number of esters is 1. The largest absolute Gasteiger partial charge is 0.463 e. The molecule has 1 aromatic heterocycles. The first-order chi connectivity index (χ1) is 15.2. The van der Waals surface area contributed by atoms with Crippen LogP contribution in [-0.2, 0) is 25.5 Å². The minimum absolute atomic E-state index is 0.0151. The molecule has 0 amide bonds. The van der Waals surface area contributed by atoms with Crippen molar-refractivity contribution < 1.29 is 31.5 Å². The van der Waals surface area contributed by atoms with Crippen LogP contribution in [0.5, 0.6) is 5.88 Å². The van der Waals surface area contributed by atoms with Gasteiger partial charge in [0.15, 0.2) is 22.9 Å². The highest BCUT2D eigenvalue weighted by Crippen LogP contribution is 2.27. The van der Waals surface area contributed by atoms with Gasteiger partial charge in [0.2, 0.25) is 5.88 Å². The third kappa shape index (κ3) is 6.04. The maximum absolute atomic E-state index is 14.0. The molecule has 1 aromatic carbocycles. The summed E-state index contributed by atoms with van der Waals surface area (Å²) in [7, 11) is -3.82. The Hall–Kier alpha value is -2.51. The average molecular weight is 489 g/mol. The molecule has 0 saturated carbocycles. The molecule has 1 N–H and O–H groups in total. The molecule has 1 aliphatic heterocycles. The van der Waals surface area contributed by atoms with Gasteiger partial charge >= 0.3 is 16.2 Å². The summed E-state index contributed by atoms with van der Waals surface area (Å²) in [6, 6.07) is 5.04. The standard InChI is InChI=1S/C19H22F2N4O5S2/c1-3-29-18(26)12(2)30-16-10-15(24-32(27,28)25-8-5-9-25)22-19(23-16)31-11-13-6-4-7-14(20)17(13)21/h4,6-7,10,12H,3,5,8-9,11H2,1-2H3,(H,22,23,24)/t12-/m1/s1. The van der Waals surface area contributed by atoms with Crippen molar-refractivity contribution >= 4 is 33.8 Å². The second-order valence-electron chi connectivity index (χ2n) is 6.75. The third-order valence-corrected chi connectivity index (χ3v) is 6.78. The molecule has 1 aliphatic rings. The molecule has 2 aromatic rings. The molecule has 32 heavy (non-hydrogen) atoms. The Morgan fingerprint density at radius 1 is 1.31 bits per heavy atom. The van der Waals surface area contributed by atoms with Gasteiger partial charge in [0.1, 0.15) is 5.82 Å². The molecule has 1 atom stereocenters. The van der Waals surface area contributed by atoms with E-state index >= 15 is 0 Å². The maximum Gasteiger partial charge on any atom is 0.347 e. The third-order valence-electron chi connectivity index (χ3n) is 4.38. The molecule has 0 unspecified atom stereocenters. The van der Waals surface area contributed by atoms with Crippen molar-refractivity contribution in [1.82, 2.24) is 14.3 Å². The van der Waals surface area contributed by atoms with Crippen LogP contribution >= 0.6 is 11.8 Å². The first-order valence-electron chi connectivity index (χ1n) is 9.75. The highest BCUT2D eigenvalue weighted by atomic mass is 32.2. The number of thioether (sulfide) groups is 1. The molecule has 1 saturated heterocycles. The van der Waals surface area contributed by atoms with Crippen molar-refractivity contribution in [3.05, 3.63) is 41.5 Å². The van der Waals surface area contributed by atoms with E-state index in [4.69, 9.17) is 9.47 Å². The predicted octanol–water partition coefficient (Wildman–Crippen LogP) is 2.74. The highest BCUT2D eigenvalue weighted by molar-refractivity contribution is 7.98. The van der Waals surface area contributed by atoms with Crippen LogP contribution in [0.15, 0.2) is 29.4 Å². The Kier molecular flexibility index (Phi) is 7.85. The number of hydrogen-bond acceptors (Lipinski definition) is 8. The van der Waals surface area contributed by atoms with Crippen molar-refractivity contribution in [3.63, 3.8) is 0 Å². The minimum atomic E-state index is -3.82. The van der Waals surface area contributed by atoms with Crippen molar-refractivity contribution in [2.75, 3.05) is 24.4 Å². The molecule has 0 bridgehead atoms. The average Bonchev–Trinajstić information content (AvgIpc) is 2.67. The van der Waals surface area contributed by atoms with Crippen LogP contribution in [0.1, 0.15) is 25.8 Å².